The zero-order valence-electron chi connectivity index (χ0n) is 19.3. The van der Waals surface area contributed by atoms with Crippen molar-refractivity contribution >= 4 is 23.2 Å². The average Bonchev–Trinajstić information content (AvgIpc) is 2.82. The van der Waals surface area contributed by atoms with Gasteiger partial charge in [0.05, 0.1) is 6.10 Å². The molecule has 6 nitrogen and oxygen atoms in total. The molecule has 2 heterocycles. The Kier molecular flexibility index (Phi) is 7.37. The highest BCUT2D eigenvalue weighted by Crippen LogP contribution is 2.25. The minimum absolute atomic E-state index is 0.157. The van der Waals surface area contributed by atoms with Crippen LogP contribution in [-0.2, 0) is 11.3 Å². The summed E-state index contributed by atoms with van der Waals surface area (Å²) in [6.07, 6.45) is 1.49. The smallest absolute Gasteiger partial charge is 0.342 e. The molecule has 1 aliphatic heterocycles. The zero-order chi connectivity index (χ0) is 24.1. The van der Waals surface area contributed by atoms with Gasteiger partial charge in [0.1, 0.15) is 28.7 Å². The molecule has 0 atom stereocenters. The number of nitrogens with zero attached hydrogens (tertiary/aromatic N) is 3. The molecule has 0 spiro atoms. The second kappa shape index (κ2) is 10.6. The summed E-state index contributed by atoms with van der Waals surface area (Å²) >= 11 is 0. The predicted octanol–water partition coefficient (Wildman–Crippen LogP) is 4.99. The standard InChI is InChI=1S/C26H28F2N4O2/c1-18(2)34-26(33)21-8-5-11-29-25(21)32-14-12-31(13-15-32)17-19-6-3-7-20(16-19)30-24-22(27)9-4-10-23(24)28/h3-11,16,18,30H,12-15,17H2,1-2H3. The highest BCUT2D eigenvalue weighted by molar-refractivity contribution is 5.94. The van der Waals surface area contributed by atoms with Crippen LogP contribution in [0.5, 0.6) is 0 Å². The van der Waals surface area contributed by atoms with Gasteiger partial charge in [-0.3, -0.25) is 4.90 Å². The highest BCUT2D eigenvalue weighted by atomic mass is 19.1. The number of halogens is 2. The molecule has 178 valence electrons. The van der Waals surface area contributed by atoms with Crippen molar-refractivity contribution < 1.29 is 18.3 Å². The van der Waals surface area contributed by atoms with Crippen LogP contribution in [0, 0.1) is 11.6 Å². The maximum atomic E-state index is 14.0. The van der Waals surface area contributed by atoms with Crippen LogP contribution in [0.25, 0.3) is 0 Å². The molecular weight excluding hydrogens is 438 g/mol. The van der Waals surface area contributed by atoms with Gasteiger partial charge in [-0.2, -0.15) is 0 Å². The number of anilines is 3. The number of pyridine rings is 1. The van der Waals surface area contributed by atoms with E-state index < -0.39 is 11.6 Å². The molecule has 2 aromatic carbocycles. The van der Waals surface area contributed by atoms with E-state index in [0.29, 0.717) is 23.6 Å². The first kappa shape index (κ1) is 23.6. The average molecular weight is 467 g/mol. The molecule has 0 aliphatic carbocycles. The van der Waals surface area contributed by atoms with Gasteiger partial charge < -0.3 is 15.0 Å². The van der Waals surface area contributed by atoms with Gasteiger partial charge in [0.25, 0.3) is 0 Å². The van der Waals surface area contributed by atoms with Crippen LogP contribution < -0.4 is 10.2 Å². The Morgan fingerprint density at radius 2 is 1.74 bits per heavy atom. The topological polar surface area (TPSA) is 57.7 Å². The number of hydrogen-bond donors (Lipinski definition) is 1. The molecule has 1 aromatic heterocycles. The molecule has 0 unspecified atom stereocenters. The molecule has 1 fully saturated rings. The minimum Gasteiger partial charge on any atom is -0.459 e. The maximum Gasteiger partial charge on any atom is 0.342 e. The van der Waals surface area contributed by atoms with Crippen LogP contribution >= 0.6 is 0 Å². The summed E-state index contributed by atoms with van der Waals surface area (Å²) in [5.41, 5.74) is 1.98. The van der Waals surface area contributed by atoms with Gasteiger partial charge in [-0.05, 0) is 55.8 Å². The number of piperazine rings is 1. The summed E-state index contributed by atoms with van der Waals surface area (Å²) in [6, 6.07) is 14.8. The van der Waals surface area contributed by atoms with Crippen molar-refractivity contribution in [3.05, 3.63) is 83.6 Å². The molecule has 1 saturated heterocycles. The molecule has 0 bridgehead atoms. The van der Waals surface area contributed by atoms with Crippen molar-refractivity contribution in [2.45, 2.75) is 26.5 Å². The lowest BCUT2D eigenvalue weighted by molar-refractivity contribution is 0.0378. The highest BCUT2D eigenvalue weighted by Gasteiger charge is 2.24. The molecule has 3 aromatic rings. The van der Waals surface area contributed by atoms with E-state index in [1.54, 1.807) is 24.4 Å². The fraction of sp³-hybridized carbons (Fsp3) is 0.308. The van der Waals surface area contributed by atoms with E-state index in [9.17, 15) is 13.6 Å². The van der Waals surface area contributed by atoms with Gasteiger partial charge >= 0.3 is 5.97 Å². The van der Waals surface area contributed by atoms with E-state index in [-0.39, 0.29) is 17.8 Å². The summed E-state index contributed by atoms with van der Waals surface area (Å²) < 4.78 is 33.3. The van der Waals surface area contributed by atoms with Crippen LogP contribution in [0.4, 0.5) is 26.0 Å². The molecular formula is C26H28F2N4O2. The Hall–Kier alpha value is -3.52. The Morgan fingerprint density at radius 3 is 2.44 bits per heavy atom. The van der Waals surface area contributed by atoms with Gasteiger partial charge in [-0.25, -0.2) is 18.6 Å². The molecule has 4 rings (SSSR count). The summed E-state index contributed by atoms with van der Waals surface area (Å²) in [5.74, 6) is -0.984. The van der Waals surface area contributed by atoms with Crippen molar-refractivity contribution in [1.29, 1.82) is 0 Å². The van der Waals surface area contributed by atoms with E-state index in [1.165, 1.54) is 18.2 Å². The Bertz CT molecular complexity index is 1130. The Balaban J connectivity index is 1.38. The zero-order valence-corrected chi connectivity index (χ0v) is 19.3. The third-order valence-electron chi connectivity index (χ3n) is 5.59. The fourth-order valence-corrected chi connectivity index (χ4v) is 3.97. The summed E-state index contributed by atoms with van der Waals surface area (Å²) in [4.78, 5) is 21.3. The number of ether oxygens (including phenoxy) is 1. The lowest BCUT2D eigenvalue weighted by Crippen LogP contribution is -2.46. The quantitative estimate of drug-likeness (QED) is 0.495. The number of aromatic nitrogens is 1. The van der Waals surface area contributed by atoms with Crippen LogP contribution in [-0.4, -0.2) is 48.1 Å². The van der Waals surface area contributed by atoms with E-state index in [0.717, 1.165) is 31.7 Å². The number of nitrogens with one attached hydrogen (secondary N) is 1. The van der Waals surface area contributed by atoms with E-state index >= 15 is 0 Å². The van der Waals surface area contributed by atoms with E-state index in [2.05, 4.69) is 20.1 Å². The van der Waals surface area contributed by atoms with Crippen molar-refractivity contribution in [2.24, 2.45) is 0 Å². The van der Waals surface area contributed by atoms with Gasteiger partial charge in [0.2, 0.25) is 0 Å². The largest absolute Gasteiger partial charge is 0.459 e. The van der Waals surface area contributed by atoms with Gasteiger partial charge in [-0.1, -0.05) is 18.2 Å². The maximum absolute atomic E-state index is 14.0. The van der Waals surface area contributed by atoms with Crippen molar-refractivity contribution in [1.82, 2.24) is 9.88 Å². The monoisotopic (exact) mass is 466 g/mol. The van der Waals surface area contributed by atoms with Crippen LogP contribution in [0.15, 0.2) is 60.8 Å². The molecule has 0 radical (unpaired) electrons. The second-order valence-corrected chi connectivity index (χ2v) is 8.51. The van der Waals surface area contributed by atoms with Crippen LogP contribution in [0.3, 0.4) is 0 Å². The number of esters is 1. The SMILES string of the molecule is CC(C)OC(=O)c1cccnc1N1CCN(Cc2cccc(Nc3c(F)cccc3F)c2)CC1. The van der Waals surface area contributed by atoms with Crippen LogP contribution in [0.2, 0.25) is 0 Å². The minimum atomic E-state index is -0.632. The van der Waals surface area contributed by atoms with Crippen molar-refractivity contribution in [2.75, 3.05) is 36.4 Å². The number of carbonyl (C=O) groups is 1. The number of carbonyl (C=O) groups excluding carboxylic acids is 1. The molecule has 1 N–H and O–H groups in total. The number of para-hydroxylation sites is 1. The number of benzene rings is 2. The Morgan fingerprint density at radius 1 is 1.03 bits per heavy atom. The van der Waals surface area contributed by atoms with Crippen molar-refractivity contribution in [3.63, 3.8) is 0 Å². The summed E-state index contributed by atoms with van der Waals surface area (Å²) in [7, 11) is 0. The van der Waals surface area contributed by atoms with Gasteiger partial charge in [0.15, 0.2) is 0 Å². The second-order valence-electron chi connectivity index (χ2n) is 8.51. The van der Waals surface area contributed by atoms with Crippen LogP contribution in [0.1, 0.15) is 29.8 Å². The van der Waals surface area contributed by atoms with Gasteiger partial charge in [-0.15, -0.1) is 0 Å². The molecule has 1 aliphatic rings. The lowest BCUT2D eigenvalue weighted by atomic mass is 10.1. The first-order chi connectivity index (χ1) is 16.4. The van der Waals surface area contributed by atoms with Crippen molar-refractivity contribution in [3.8, 4) is 0 Å². The predicted molar refractivity (Wildman–Crippen MR) is 128 cm³/mol. The molecule has 0 saturated carbocycles. The van der Waals surface area contributed by atoms with Gasteiger partial charge in [0, 0.05) is 44.6 Å². The molecule has 8 heteroatoms. The summed E-state index contributed by atoms with van der Waals surface area (Å²) in [5, 5.41) is 2.85. The molecule has 34 heavy (non-hydrogen) atoms. The normalized spacial score (nSPS) is 14.3. The summed E-state index contributed by atoms with van der Waals surface area (Å²) in [6.45, 7) is 7.36. The third kappa shape index (κ3) is 5.69. The fourth-order valence-electron chi connectivity index (χ4n) is 3.97. The number of rotatable bonds is 7. The first-order valence-corrected chi connectivity index (χ1v) is 11.3. The Labute approximate surface area is 198 Å². The molecule has 0 amide bonds. The third-order valence-corrected chi connectivity index (χ3v) is 5.59. The number of hydrogen-bond acceptors (Lipinski definition) is 6. The lowest BCUT2D eigenvalue weighted by Gasteiger charge is -2.36. The van der Waals surface area contributed by atoms with E-state index in [1.807, 2.05) is 32.0 Å². The van der Waals surface area contributed by atoms with E-state index in [4.69, 9.17) is 4.74 Å². The first-order valence-electron chi connectivity index (χ1n) is 11.3.